The van der Waals surface area contributed by atoms with Crippen LogP contribution in [0.4, 0.5) is 4.39 Å². The van der Waals surface area contributed by atoms with Crippen molar-refractivity contribution in [2.24, 2.45) is 0 Å². The maximum Gasteiger partial charge on any atom is 0.253 e. The Kier molecular flexibility index (Phi) is 5.72. The molecular formula is C12H14Cl2FNO. The zero-order chi connectivity index (χ0) is 12.8. The SMILES string of the molecule is CCCN(CCCl)C(=O)c1ccc(Cl)c(F)c1. The molecule has 94 valence electrons. The molecule has 0 spiro atoms. The number of nitrogens with zero attached hydrogens (tertiary/aromatic N) is 1. The van der Waals surface area contributed by atoms with E-state index in [-0.39, 0.29) is 10.9 Å². The Morgan fingerprint density at radius 3 is 2.65 bits per heavy atom. The van der Waals surface area contributed by atoms with Gasteiger partial charge < -0.3 is 4.90 Å². The topological polar surface area (TPSA) is 20.3 Å². The van der Waals surface area contributed by atoms with Crippen LogP contribution in [0.3, 0.4) is 0 Å². The third-order valence-electron chi connectivity index (χ3n) is 2.30. The molecule has 0 atom stereocenters. The lowest BCUT2D eigenvalue weighted by Gasteiger charge is -2.21. The molecule has 0 saturated heterocycles. The standard InChI is InChI=1S/C12H14Cl2FNO/c1-2-6-16(7-5-13)12(17)9-3-4-10(14)11(15)8-9/h3-4,8H,2,5-7H2,1H3. The molecule has 0 N–H and O–H groups in total. The van der Waals surface area contributed by atoms with Gasteiger partial charge in [0.1, 0.15) is 5.82 Å². The Bertz CT molecular complexity index is 392. The normalized spacial score (nSPS) is 10.4. The predicted octanol–water partition coefficient (Wildman–Crippen LogP) is 3.57. The monoisotopic (exact) mass is 277 g/mol. The molecule has 1 aromatic carbocycles. The van der Waals surface area contributed by atoms with Crippen LogP contribution in [-0.2, 0) is 0 Å². The van der Waals surface area contributed by atoms with Crippen LogP contribution in [0.2, 0.25) is 5.02 Å². The van der Waals surface area contributed by atoms with Crippen molar-refractivity contribution in [3.8, 4) is 0 Å². The van der Waals surface area contributed by atoms with E-state index >= 15 is 0 Å². The van der Waals surface area contributed by atoms with Crippen LogP contribution >= 0.6 is 23.2 Å². The molecule has 1 amide bonds. The molecule has 0 aliphatic heterocycles. The van der Waals surface area contributed by atoms with E-state index in [4.69, 9.17) is 23.2 Å². The fourth-order valence-corrected chi connectivity index (χ4v) is 1.82. The largest absolute Gasteiger partial charge is 0.337 e. The first-order chi connectivity index (χ1) is 8.10. The quantitative estimate of drug-likeness (QED) is 0.754. The van der Waals surface area contributed by atoms with Crippen molar-refractivity contribution in [2.45, 2.75) is 13.3 Å². The fourth-order valence-electron chi connectivity index (χ4n) is 1.50. The maximum atomic E-state index is 13.2. The average Bonchev–Trinajstić information content (AvgIpc) is 2.31. The zero-order valence-electron chi connectivity index (χ0n) is 9.55. The molecule has 5 heteroatoms. The predicted molar refractivity (Wildman–Crippen MR) is 68.3 cm³/mol. The lowest BCUT2D eigenvalue weighted by atomic mass is 10.2. The summed E-state index contributed by atoms with van der Waals surface area (Å²) in [5.41, 5.74) is 0.297. The van der Waals surface area contributed by atoms with Gasteiger partial charge in [-0.15, -0.1) is 11.6 Å². The van der Waals surface area contributed by atoms with Gasteiger partial charge in [-0.05, 0) is 24.6 Å². The Morgan fingerprint density at radius 2 is 2.12 bits per heavy atom. The first kappa shape index (κ1) is 14.3. The number of halogens is 3. The van der Waals surface area contributed by atoms with Gasteiger partial charge in [0.25, 0.3) is 5.91 Å². The van der Waals surface area contributed by atoms with E-state index in [0.29, 0.717) is 24.5 Å². The number of rotatable bonds is 5. The molecule has 0 radical (unpaired) electrons. The smallest absolute Gasteiger partial charge is 0.253 e. The van der Waals surface area contributed by atoms with Gasteiger partial charge in [-0.2, -0.15) is 0 Å². The summed E-state index contributed by atoms with van der Waals surface area (Å²) in [6.07, 6.45) is 0.832. The fraction of sp³-hybridized carbons (Fsp3) is 0.417. The summed E-state index contributed by atoms with van der Waals surface area (Å²) in [4.78, 5) is 13.7. The molecule has 17 heavy (non-hydrogen) atoms. The molecular weight excluding hydrogens is 264 g/mol. The number of amides is 1. The summed E-state index contributed by atoms with van der Waals surface area (Å²) in [6.45, 7) is 3.03. The van der Waals surface area contributed by atoms with Gasteiger partial charge >= 0.3 is 0 Å². The highest BCUT2D eigenvalue weighted by Crippen LogP contribution is 2.17. The Labute approximate surface area is 110 Å². The second kappa shape index (κ2) is 6.82. The second-order valence-electron chi connectivity index (χ2n) is 3.61. The first-order valence-electron chi connectivity index (χ1n) is 5.40. The molecule has 0 aliphatic rings. The molecule has 2 nitrogen and oxygen atoms in total. The van der Waals surface area contributed by atoms with E-state index in [2.05, 4.69) is 0 Å². The van der Waals surface area contributed by atoms with E-state index < -0.39 is 5.82 Å². The van der Waals surface area contributed by atoms with Gasteiger partial charge in [0.05, 0.1) is 5.02 Å². The number of benzene rings is 1. The number of hydrogen-bond acceptors (Lipinski definition) is 1. The maximum absolute atomic E-state index is 13.2. The Morgan fingerprint density at radius 1 is 1.41 bits per heavy atom. The number of alkyl halides is 1. The summed E-state index contributed by atoms with van der Waals surface area (Å²) < 4.78 is 13.2. The lowest BCUT2D eigenvalue weighted by Crippen LogP contribution is -2.33. The van der Waals surface area contributed by atoms with Crippen molar-refractivity contribution in [2.75, 3.05) is 19.0 Å². The minimum absolute atomic E-state index is 0.0148. The van der Waals surface area contributed by atoms with E-state index in [1.807, 2.05) is 6.92 Å². The van der Waals surface area contributed by atoms with E-state index in [0.717, 1.165) is 12.5 Å². The van der Waals surface area contributed by atoms with Gasteiger partial charge in [0.15, 0.2) is 0 Å². The second-order valence-corrected chi connectivity index (χ2v) is 4.40. The van der Waals surface area contributed by atoms with Crippen molar-refractivity contribution >= 4 is 29.1 Å². The van der Waals surface area contributed by atoms with E-state index in [9.17, 15) is 9.18 Å². The average molecular weight is 278 g/mol. The summed E-state index contributed by atoms with van der Waals surface area (Å²) in [5, 5.41) is 0.0148. The van der Waals surface area contributed by atoms with Crippen LogP contribution in [0.1, 0.15) is 23.7 Å². The highest BCUT2D eigenvalue weighted by atomic mass is 35.5. The van der Waals surface area contributed by atoms with Gasteiger partial charge in [-0.1, -0.05) is 18.5 Å². The van der Waals surface area contributed by atoms with Crippen LogP contribution in [0.5, 0.6) is 0 Å². The number of carbonyl (C=O) groups excluding carboxylic acids is 1. The third-order valence-corrected chi connectivity index (χ3v) is 2.78. The molecule has 0 unspecified atom stereocenters. The van der Waals surface area contributed by atoms with Crippen molar-refractivity contribution < 1.29 is 9.18 Å². The molecule has 1 aromatic rings. The van der Waals surface area contributed by atoms with E-state index in [1.54, 1.807) is 4.90 Å². The van der Waals surface area contributed by atoms with Crippen LogP contribution in [-0.4, -0.2) is 29.8 Å². The van der Waals surface area contributed by atoms with Gasteiger partial charge in [0, 0.05) is 24.5 Å². The summed E-state index contributed by atoms with van der Waals surface area (Å²) in [6, 6.07) is 4.06. The molecule has 0 aromatic heterocycles. The van der Waals surface area contributed by atoms with Crippen molar-refractivity contribution in [1.29, 1.82) is 0 Å². The minimum atomic E-state index is -0.583. The lowest BCUT2D eigenvalue weighted by molar-refractivity contribution is 0.0765. The number of hydrogen-bond donors (Lipinski definition) is 0. The van der Waals surface area contributed by atoms with Crippen molar-refractivity contribution in [3.63, 3.8) is 0 Å². The van der Waals surface area contributed by atoms with E-state index in [1.165, 1.54) is 12.1 Å². The zero-order valence-corrected chi connectivity index (χ0v) is 11.1. The van der Waals surface area contributed by atoms with Crippen LogP contribution in [0, 0.1) is 5.82 Å². The first-order valence-corrected chi connectivity index (χ1v) is 6.31. The van der Waals surface area contributed by atoms with Gasteiger partial charge in [-0.25, -0.2) is 4.39 Å². The highest BCUT2D eigenvalue weighted by molar-refractivity contribution is 6.30. The van der Waals surface area contributed by atoms with Crippen LogP contribution in [0.15, 0.2) is 18.2 Å². The van der Waals surface area contributed by atoms with Gasteiger partial charge in [0.2, 0.25) is 0 Å². The molecule has 0 fully saturated rings. The van der Waals surface area contributed by atoms with Crippen molar-refractivity contribution in [3.05, 3.63) is 34.6 Å². The molecule has 1 rings (SSSR count). The minimum Gasteiger partial charge on any atom is -0.337 e. The summed E-state index contributed by atoms with van der Waals surface area (Å²) in [5.74, 6) is -0.440. The van der Waals surface area contributed by atoms with Crippen LogP contribution in [0.25, 0.3) is 0 Å². The molecule has 0 saturated carbocycles. The van der Waals surface area contributed by atoms with Crippen LogP contribution < -0.4 is 0 Å². The Hall–Kier alpha value is -0.800. The number of carbonyl (C=O) groups is 1. The third kappa shape index (κ3) is 3.86. The molecule has 0 heterocycles. The summed E-state index contributed by atoms with van der Waals surface area (Å²) in [7, 11) is 0. The van der Waals surface area contributed by atoms with Crippen molar-refractivity contribution in [1.82, 2.24) is 4.90 Å². The molecule has 0 aliphatic carbocycles. The molecule has 0 bridgehead atoms. The van der Waals surface area contributed by atoms with Gasteiger partial charge in [-0.3, -0.25) is 4.79 Å². The Balaban J connectivity index is 2.88. The highest BCUT2D eigenvalue weighted by Gasteiger charge is 2.15. The summed E-state index contributed by atoms with van der Waals surface area (Å²) >= 11 is 11.2.